The van der Waals surface area contributed by atoms with E-state index < -0.39 is 0 Å². The van der Waals surface area contributed by atoms with Crippen LogP contribution in [0.25, 0.3) is 0 Å². The smallest absolute Gasteiger partial charge is 0.239 e. The number of carbonyl (C=O) groups excluding carboxylic acids is 1. The number of hydrogen-bond donors (Lipinski definition) is 1. The molecule has 2 rings (SSSR count). The average Bonchev–Trinajstić information content (AvgIpc) is 2.93. The van der Waals surface area contributed by atoms with Crippen molar-refractivity contribution in [1.82, 2.24) is 25.0 Å². The van der Waals surface area contributed by atoms with Gasteiger partial charge in [0, 0.05) is 19.1 Å². The predicted molar refractivity (Wildman–Crippen MR) is 77.1 cm³/mol. The highest BCUT2D eigenvalue weighted by atomic mass is 16.2. The number of rotatable bonds is 5. The second-order valence-electron chi connectivity index (χ2n) is 5.70. The summed E-state index contributed by atoms with van der Waals surface area (Å²) < 4.78 is 1.88. The molecular formula is C14H25N5O. The third-order valence-electron chi connectivity index (χ3n) is 3.74. The Morgan fingerprint density at radius 2 is 2.00 bits per heavy atom. The lowest BCUT2D eigenvalue weighted by Crippen LogP contribution is -2.46. The molecule has 1 N–H and O–H groups in total. The van der Waals surface area contributed by atoms with Gasteiger partial charge in [0.25, 0.3) is 0 Å². The van der Waals surface area contributed by atoms with E-state index in [9.17, 15) is 4.79 Å². The minimum Gasteiger partial charge on any atom is -0.341 e. The molecular weight excluding hydrogens is 254 g/mol. The zero-order valence-corrected chi connectivity index (χ0v) is 12.7. The summed E-state index contributed by atoms with van der Waals surface area (Å²) in [5.41, 5.74) is 0. The number of nitrogens with zero attached hydrogens (tertiary/aromatic N) is 4. The second-order valence-corrected chi connectivity index (χ2v) is 5.70. The molecule has 0 spiro atoms. The van der Waals surface area contributed by atoms with Crippen LogP contribution in [0, 0.1) is 0 Å². The third kappa shape index (κ3) is 3.56. The summed E-state index contributed by atoms with van der Waals surface area (Å²) in [5, 5.41) is 7.46. The van der Waals surface area contributed by atoms with Crippen LogP contribution in [0.1, 0.15) is 51.9 Å². The van der Waals surface area contributed by atoms with E-state index in [-0.39, 0.29) is 18.0 Å². The lowest BCUT2D eigenvalue weighted by atomic mass is 10.1. The summed E-state index contributed by atoms with van der Waals surface area (Å²) in [6.45, 7) is 8.42. The maximum Gasteiger partial charge on any atom is 0.239 e. The molecule has 0 aliphatic carbocycles. The molecule has 1 aromatic rings. The first-order valence-electron chi connectivity index (χ1n) is 7.50. The lowest BCUT2D eigenvalue weighted by Gasteiger charge is -2.29. The minimum absolute atomic E-state index is 0.176. The van der Waals surface area contributed by atoms with Crippen molar-refractivity contribution in [2.24, 2.45) is 0 Å². The fourth-order valence-electron chi connectivity index (χ4n) is 2.55. The van der Waals surface area contributed by atoms with Gasteiger partial charge in [-0.1, -0.05) is 0 Å². The highest BCUT2D eigenvalue weighted by Gasteiger charge is 2.22. The Morgan fingerprint density at radius 1 is 1.30 bits per heavy atom. The van der Waals surface area contributed by atoms with Crippen LogP contribution in [0.3, 0.4) is 0 Å². The number of aromatic nitrogens is 3. The van der Waals surface area contributed by atoms with Gasteiger partial charge in [-0.25, -0.2) is 9.67 Å². The normalized spacial score (nSPS) is 17.5. The van der Waals surface area contributed by atoms with Gasteiger partial charge in [-0.2, -0.15) is 5.10 Å². The van der Waals surface area contributed by atoms with Crippen molar-refractivity contribution in [1.29, 1.82) is 0 Å². The molecule has 2 heterocycles. The highest BCUT2D eigenvalue weighted by Crippen LogP contribution is 2.10. The Kier molecular flexibility index (Phi) is 5.11. The third-order valence-corrected chi connectivity index (χ3v) is 3.74. The molecule has 1 amide bonds. The van der Waals surface area contributed by atoms with Gasteiger partial charge in [-0.15, -0.1) is 0 Å². The Labute approximate surface area is 120 Å². The van der Waals surface area contributed by atoms with Crippen molar-refractivity contribution in [2.75, 3.05) is 13.1 Å². The van der Waals surface area contributed by atoms with Crippen molar-refractivity contribution in [3.63, 3.8) is 0 Å². The van der Waals surface area contributed by atoms with Crippen LogP contribution < -0.4 is 5.32 Å². The molecule has 0 bridgehead atoms. The summed E-state index contributed by atoms with van der Waals surface area (Å²) in [7, 11) is 0. The monoisotopic (exact) mass is 279 g/mol. The zero-order valence-electron chi connectivity index (χ0n) is 12.7. The van der Waals surface area contributed by atoms with Crippen LogP contribution >= 0.6 is 0 Å². The first-order valence-corrected chi connectivity index (χ1v) is 7.50. The maximum atomic E-state index is 12.3. The molecule has 6 nitrogen and oxygen atoms in total. The number of nitrogens with one attached hydrogen (secondary N) is 1. The van der Waals surface area contributed by atoms with Gasteiger partial charge in [0.15, 0.2) is 0 Å². The molecule has 0 saturated carbocycles. The van der Waals surface area contributed by atoms with Gasteiger partial charge in [-0.3, -0.25) is 10.1 Å². The van der Waals surface area contributed by atoms with Gasteiger partial charge in [0.05, 0.1) is 12.6 Å². The average molecular weight is 279 g/mol. The van der Waals surface area contributed by atoms with Crippen molar-refractivity contribution < 1.29 is 4.79 Å². The minimum atomic E-state index is -0.176. The van der Waals surface area contributed by atoms with E-state index >= 15 is 0 Å². The molecule has 6 heteroatoms. The molecule has 112 valence electrons. The van der Waals surface area contributed by atoms with Crippen LogP contribution in [-0.2, 0) is 11.3 Å². The van der Waals surface area contributed by atoms with Crippen LogP contribution in [-0.4, -0.2) is 44.7 Å². The van der Waals surface area contributed by atoms with Gasteiger partial charge >= 0.3 is 0 Å². The molecule has 1 aromatic heterocycles. The Morgan fingerprint density at radius 3 is 2.65 bits per heavy atom. The summed E-state index contributed by atoms with van der Waals surface area (Å²) in [4.78, 5) is 18.5. The van der Waals surface area contributed by atoms with E-state index in [0.29, 0.717) is 6.54 Å². The van der Waals surface area contributed by atoms with Crippen molar-refractivity contribution in [3.8, 4) is 0 Å². The number of amides is 1. The highest BCUT2D eigenvalue weighted by molar-refractivity contribution is 5.81. The van der Waals surface area contributed by atoms with E-state index in [4.69, 9.17) is 0 Å². The van der Waals surface area contributed by atoms with E-state index in [1.807, 2.05) is 16.5 Å². The Bertz CT molecular complexity index is 437. The van der Waals surface area contributed by atoms with Crippen molar-refractivity contribution >= 4 is 5.91 Å². The summed E-state index contributed by atoms with van der Waals surface area (Å²) in [6, 6.07) is 0.104. The van der Waals surface area contributed by atoms with E-state index in [1.165, 1.54) is 6.42 Å². The molecule has 0 radical (unpaired) electrons. The topological polar surface area (TPSA) is 63.1 Å². The summed E-state index contributed by atoms with van der Waals surface area (Å²) in [5.74, 6) is 1.07. The van der Waals surface area contributed by atoms with E-state index in [2.05, 4.69) is 29.2 Å². The number of hydrogen-bond acceptors (Lipinski definition) is 4. The molecule has 1 aliphatic heterocycles. The SMILES string of the molecule is CC(NCc1ncnn1C(C)C)C(=O)N1CCCCC1. The van der Waals surface area contributed by atoms with E-state index in [0.717, 1.165) is 31.8 Å². The first kappa shape index (κ1) is 15.0. The van der Waals surface area contributed by atoms with Gasteiger partial charge in [0.2, 0.25) is 5.91 Å². The van der Waals surface area contributed by atoms with E-state index in [1.54, 1.807) is 6.33 Å². The first-order chi connectivity index (χ1) is 9.59. The fraction of sp³-hybridized carbons (Fsp3) is 0.786. The fourth-order valence-corrected chi connectivity index (χ4v) is 2.55. The molecule has 20 heavy (non-hydrogen) atoms. The number of likely N-dealkylation sites (tertiary alicyclic amines) is 1. The summed E-state index contributed by atoms with van der Waals surface area (Å²) >= 11 is 0. The maximum absolute atomic E-state index is 12.3. The molecule has 1 saturated heterocycles. The molecule has 0 aromatic carbocycles. The predicted octanol–water partition coefficient (Wildman–Crippen LogP) is 1.35. The van der Waals surface area contributed by atoms with Gasteiger partial charge < -0.3 is 4.90 Å². The standard InChI is InChI=1S/C14H25N5O/c1-11(2)19-13(16-10-17-19)9-15-12(3)14(20)18-7-5-4-6-8-18/h10-12,15H,4-9H2,1-3H3. The molecule has 1 aliphatic rings. The molecule has 1 fully saturated rings. The Hall–Kier alpha value is -1.43. The second kappa shape index (κ2) is 6.83. The van der Waals surface area contributed by atoms with Crippen LogP contribution in [0.5, 0.6) is 0 Å². The quantitative estimate of drug-likeness (QED) is 0.883. The lowest BCUT2D eigenvalue weighted by molar-refractivity contribution is -0.133. The Balaban J connectivity index is 1.86. The van der Waals surface area contributed by atoms with Crippen LogP contribution in [0.2, 0.25) is 0 Å². The number of carbonyl (C=O) groups is 1. The van der Waals surface area contributed by atoms with Crippen LogP contribution in [0.4, 0.5) is 0 Å². The van der Waals surface area contributed by atoms with Crippen LogP contribution in [0.15, 0.2) is 6.33 Å². The summed E-state index contributed by atoms with van der Waals surface area (Å²) in [6.07, 6.45) is 5.05. The largest absolute Gasteiger partial charge is 0.341 e. The van der Waals surface area contributed by atoms with Gasteiger partial charge in [0.1, 0.15) is 12.2 Å². The number of piperidine rings is 1. The molecule has 1 atom stereocenters. The zero-order chi connectivity index (χ0) is 14.5. The molecule has 1 unspecified atom stereocenters. The van der Waals surface area contributed by atoms with Crippen molar-refractivity contribution in [2.45, 2.75) is 58.7 Å². The van der Waals surface area contributed by atoms with Crippen molar-refractivity contribution in [3.05, 3.63) is 12.2 Å². The van der Waals surface area contributed by atoms with Gasteiger partial charge in [-0.05, 0) is 40.0 Å².